The number of aromatic nitrogens is 1. The van der Waals surface area contributed by atoms with E-state index < -0.39 is 6.61 Å². The van der Waals surface area contributed by atoms with E-state index in [4.69, 9.17) is 23.2 Å². The average molecular weight is 333 g/mol. The van der Waals surface area contributed by atoms with Crippen LogP contribution in [0.2, 0.25) is 10.0 Å². The Morgan fingerprint density at radius 1 is 1.24 bits per heavy atom. The zero-order valence-corrected chi connectivity index (χ0v) is 12.6. The number of halogens is 4. The molecule has 1 aromatic heterocycles. The molecule has 0 aliphatic carbocycles. The van der Waals surface area contributed by atoms with Gasteiger partial charge in [-0.15, -0.1) is 0 Å². The molecule has 1 heterocycles. The van der Waals surface area contributed by atoms with E-state index in [1.54, 1.807) is 6.20 Å². The van der Waals surface area contributed by atoms with Gasteiger partial charge in [0.25, 0.3) is 0 Å². The first-order valence-corrected chi connectivity index (χ1v) is 6.80. The molecule has 0 saturated carbocycles. The van der Waals surface area contributed by atoms with Crippen LogP contribution < -0.4 is 10.1 Å². The Morgan fingerprint density at radius 2 is 1.90 bits per heavy atom. The summed E-state index contributed by atoms with van der Waals surface area (Å²) < 4.78 is 28.7. The van der Waals surface area contributed by atoms with E-state index >= 15 is 0 Å². The molecule has 0 amide bonds. The largest absolute Gasteiger partial charge is 0.432 e. The van der Waals surface area contributed by atoms with Gasteiger partial charge in [0.05, 0.1) is 22.3 Å². The summed E-state index contributed by atoms with van der Waals surface area (Å²) in [4.78, 5) is 4.24. The Morgan fingerprint density at radius 3 is 2.43 bits per heavy atom. The molecule has 21 heavy (non-hydrogen) atoms. The van der Waals surface area contributed by atoms with Crippen LogP contribution in [-0.4, -0.2) is 11.6 Å². The van der Waals surface area contributed by atoms with Crippen molar-refractivity contribution >= 4 is 28.9 Å². The summed E-state index contributed by atoms with van der Waals surface area (Å²) in [6, 6.07) is 6.78. The second kappa shape index (κ2) is 6.91. The SMILES string of the molecule is Cc1ccc(CNc2cc(Cl)c(OC(F)F)c(Cl)c2)nc1. The molecule has 0 radical (unpaired) electrons. The molecule has 2 aromatic rings. The fourth-order valence-corrected chi connectivity index (χ4v) is 2.24. The predicted molar refractivity (Wildman–Crippen MR) is 79.4 cm³/mol. The van der Waals surface area contributed by atoms with Crippen molar-refractivity contribution in [2.45, 2.75) is 20.1 Å². The van der Waals surface area contributed by atoms with E-state index in [1.165, 1.54) is 12.1 Å². The van der Waals surface area contributed by atoms with Crippen molar-refractivity contribution in [1.82, 2.24) is 4.98 Å². The van der Waals surface area contributed by atoms with Crippen LogP contribution in [0.1, 0.15) is 11.3 Å². The molecule has 0 unspecified atom stereocenters. The molecule has 0 aliphatic heterocycles. The summed E-state index contributed by atoms with van der Waals surface area (Å²) in [7, 11) is 0. The molecule has 0 bridgehead atoms. The van der Waals surface area contributed by atoms with E-state index in [-0.39, 0.29) is 15.8 Å². The molecule has 2 rings (SSSR count). The zero-order valence-electron chi connectivity index (χ0n) is 11.0. The highest BCUT2D eigenvalue weighted by atomic mass is 35.5. The number of ether oxygens (including phenoxy) is 1. The van der Waals surface area contributed by atoms with Crippen molar-refractivity contribution in [3.05, 3.63) is 51.8 Å². The highest BCUT2D eigenvalue weighted by Gasteiger charge is 2.14. The lowest BCUT2D eigenvalue weighted by Gasteiger charge is -2.12. The lowest BCUT2D eigenvalue weighted by Crippen LogP contribution is -2.05. The first-order chi connectivity index (χ1) is 9.95. The monoisotopic (exact) mass is 332 g/mol. The molecule has 0 spiro atoms. The van der Waals surface area contributed by atoms with E-state index in [2.05, 4.69) is 15.0 Å². The molecule has 0 atom stereocenters. The molecular formula is C14H12Cl2F2N2O. The standard InChI is InChI=1S/C14H12Cl2F2N2O/c1-8-2-3-9(19-6-8)7-20-10-4-11(15)13(12(16)5-10)21-14(17)18/h2-6,14,20H,7H2,1H3. The number of hydrogen-bond acceptors (Lipinski definition) is 3. The number of benzene rings is 1. The Kier molecular flexibility index (Phi) is 5.20. The van der Waals surface area contributed by atoms with Crippen LogP contribution in [0, 0.1) is 6.92 Å². The molecule has 7 heteroatoms. The van der Waals surface area contributed by atoms with Crippen LogP contribution in [0.3, 0.4) is 0 Å². The van der Waals surface area contributed by atoms with E-state index in [9.17, 15) is 8.78 Å². The molecule has 3 nitrogen and oxygen atoms in total. The topological polar surface area (TPSA) is 34.1 Å². The van der Waals surface area contributed by atoms with Gasteiger partial charge in [-0.2, -0.15) is 8.78 Å². The van der Waals surface area contributed by atoms with Gasteiger partial charge in [-0.25, -0.2) is 0 Å². The molecule has 0 aliphatic rings. The third-order valence-electron chi connectivity index (χ3n) is 2.65. The van der Waals surface area contributed by atoms with Crippen LogP contribution in [-0.2, 0) is 6.54 Å². The molecule has 1 aromatic carbocycles. The third kappa shape index (κ3) is 4.44. The van der Waals surface area contributed by atoms with Crippen molar-refractivity contribution in [2.24, 2.45) is 0 Å². The van der Waals surface area contributed by atoms with Gasteiger partial charge in [0.15, 0.2) is 5.75 Å². The number of nitrogens with zero attached hydrogens (tertiary/aromatic N) is 1. The summed E-state index contributed by atoms with van der Waals surface area (Å²) in [5.41, 5.74) is 2.49. The van der Waals surface area contributed by atoms with Crippen LogP contribution in [0.25, 0.3) is 0 Å². The maximum atomic E-state index is 12.2. The second-order valence-corrected chi connectivity index (χ2v) is 5.14. The minimum absolute atomic E-state index is 0.0159. The van der Waals surface area contributed by atoms with Crippen LogP contribution in [0.5, 0.6) is 5.75 Å². The van der Waals surface area contributed by atoms with Gasteiger partial charge < -0.3 is 10.1 Å². The number of hydrogen-bond donors (Lipinski definition) is 1. The summed E-state index contributed by atoms with van der Waals surface area (Å²) in [5, 5.41) is 3.10. The maximum Gasteiger partial charge on any atom is 0.387 e. The molecule has 0 saturated heterocycles. The smallest absolute Gasteiger partial charge is 0.387 e. The van der Waals surface area contributed by atoms with Gasteiger partial charge in [-0.3, -0.25) is 4.98 Å². The van der Waals surface area contributed by atoms with Gasteiger partial charge in [0.2, 0.25) is 0 Å². The minimum atomic E-state index is -2.98. The molecular weight excluding hydrogens is 321 g/mol. The second-order valence-electron chi connectivity index (χ2n) is 4.33. The molecule has 112 valence electrons. The van der Waals surface area contributed by atoms with Crippen molar-refractivity contribution in [3.63, 3.8) is 0 Å². The zero-order chi connectivity index (χ0) is 15.4. The number of alkyl halides is 2. The van der Waals surface area contributed by atoms with Crippen LogP contribution >= 0.6 is 23.2 Å². The molecule has 0 fully saturated rings. The number of rotatable bonds is 5. The number of anilines is 1. The Balaban J connectivity index is 2.09. The van der Waals surface area contributed by atoms with E-state index in [1.807, 2.05) is 19.1 Å². The van der Waals surface area contributed by atoms with E-state index in [0.717, 1.165) is 11.3 Å². The van der Waals surface area contributed by atoms with Crippen molar-refractivity contribution in [3.8, 4) is 5.75 Å². The Bertz CT molecular complexity index is 598. The van der Waals surface area contributed by atoms with Gasteiger partial charge in [0.1, 0.15) is 0 Å². The Hall–Kier alpha value is -1.59. The van der Waals surface area contributed by atoms with Gasteiger partial charge in [-0.1, -0.05) is 29.3 Å². The van der Waals surface area contributed by atoms with Crippen LogP contribution in [0.4, 0.5) is 14.5 Å². The predicted octanol–water partition coefficient (Wildman–Crippen LogP) is 4.91. The lowest BCUT2D eigenvalue weighted by atomic mass is 10.2. The summed E-state index contributed by atoms with van der Waals surface area (Å²) >= 11 is 11.8. The fourth-order valence-electron chi connectivity index (χ4n) is 1.66. The van der Waals surface area contributed by atoms with Gasteiger partial charge in [-0.05, 0) is 30.7 Å². The fraction of sp³-hybridized carbons (Fsp3) is 0.214. The lowest BCUT2D eigenvalue weighted by molar-refractivity contribution is -0.0497. The normalized spacial score (nSPS) is 10.8. The highest BCUT2D eigenvalue weighted by molar-refractivity contribution is 6.37. The summed E-state index contributed by atoms with van der Waals surface area (Å²) in [6.07, 6.45) is 1.76. The third-order valence-corrected chi connectivity index (χ3v) is 3.21. The first kappa shape index (κ1) is 15.8. The van der Waals surface area contributed by atoms with E-state index in [0.29, 0.717) is 12.2 Å². The van der Waals surface area contributed by atoms with Gasteiger partial charge in [0, 0.05) is 11.9 Å². The van der Waals surface area contributed by atoms with Crippen molar-refractivity contribution in [2.75, 3.05) is 5.32 Å². The maximum absolute atomic E-state index is 12.2. The quantitative estimate of drug-likeness (QED) is 0.844. The summed E-state index contributed by atoms with van der Waals surface area (Å²) in [6.45, 7) is -0.566. The highest BCUT2D eigenvalue weighted by Crippen LogP contribution is 2.37. The number of nitrogens with one attached hydrogen (secondary N) is 1. The summed E-state index contributed by atoms with van der Waals surface area (Å²) in [5.74, 6) is -0.229. The number of pyridine rings is 1. The van der Waals surface area contributed by atoms with Crippen LogP contribution in [0.15, 0.2) is 30.5 Å². The Labute approximate surface area is 130 Å². The first-order valence-electron chi connectivity index (χ1n) is 6.05. The van der Waals surface area contributed by atoms with Crippen molar-refractivity contribution < 1.29 is 13.5 Å². The number of aryl methyl sites for hydroxylation is 1. The van der Waals surface area contributed by atoms with Gasteiger partial charge >= 0.3 is 6.61 Å². The van der Waals surface area contributed by atoms with Crippen molar-refractivity contribution in [1.29, 1.82) is 0 Å². The average Bonchev–Trinajstić information content (AvgIpc) is 2.42. The molecule has 1 N–H and O–H groups in total. The minimum Gasteiger partial charge on any atom is -0.432 e.